The summed E-state index contributed by atoms with van der Waals surface area (Å²) in [6, 6.07) is 6.72. The molecule has 0 atom stereocenters. The number of hydrogen-bond acceptors (Lipinski definition) is 6. The number of esters is 1. The molecule has 3 rings (SSSR count). The van der Waals surface area contributed by atoms with Crippen molar-refractivity contribution in [2.75, 3.05) is 6.61 Å². The van der Waals surface area contributed by atoms with E-state index in [1.54, 1.807) is 44.2 Å². The molecule has 1 aromatic carbocycles. The average Bonchev–Trinajstić information content (AvgIpc) is 2.91. The monoisotopic (exact) mass is 356 g/mol. The summed E-state index contributed by atoms with van der Waals surface area (Å²) in [5, 5.41) is 9.88. The Kier molecular flexibility index (Phi) is 4.67. The van der Waals surface area contributed by atoms with Gasteiger partial charge in [0.25, 0.3) is 5.56 Å². The van der Waals surface area contributed by atoms with Crippen LogP contribution >= 0.6 is 11.3 Å². The van der Waals surface area contributed by atoms with Crippen LogP contribution < -0.4 is 5.56 Å². The van der Waals surface area contributed by atoms with Gasteiger partial charge in [-0.2, -0.15) is 0 Å². The van der Waals surface area contributed by atoms with E-state index in [9.17, 15) is 14.7 Å². The molecule has 128 valence electrons. The van der Waals surface area contributed by atoms with E-state index in [4.69, 9.17) is 4.74 Å². The summed E-state index contributed by atoms with van der Waals surface area (Å²) in [5.41, 5.74) is 1.05. The predicted molar refractivity (Wildman–Crippen MR) is 98.0 cm³/mol. The minimum atomic E-state index is -0.445. The van der Waals surface area contributed by atoms with Crippen molar-refractivity contribution < 1.29 is 14.6 Å². The van der Waals surface area contributed by atoms with Crippen LogP contribution in [0.15, 0.2) is 29.1 Å². The van der Waals surface area contributed by atoms with Crippen molar-refractivity contribution >= 4 is 39.7 Å². The molecule has 0 spiro atoms. The number of aryl methyl sites for hydroxylation is 1. The highest BCUT2D eigenvalue weighted by atomic mass is 32.1. The zero-order valence-electron chi connectivity index (χ0n) is 13.7. The summed E-state index contributed by atoms with van der Waals surface area (Å²) in [6.07, 6.45) is 3.38. The number of ether oxygens (including phenoxy) is 1. The van der Waals surface area contributed by atoms with Crippen LogP contribution in [0.2, 0.25) is 0 Å². The van der Waals surface area contributed by atoms with E-state index in [-0.39, 0.29) is 17.9 Å². The Labute approximate surface area is 147 Å². The van der Waals surface area contributed by atoms with E-state index in [0.29, 0.717) is 26.5 Å². The Bertz CT molecular complexity index is 1030. The van der Waals surface area contributed by atoms with Crippen molar-refractivity contribution in [1.82, 2.24) is 9.97 Å². The number of carbonyl (C=O) groups excluding carboxylic acids is 1. The molecule has 2 N–H and O–H groups in total. The number of aromatic hydroxyl groups is 1. The molecule has 0 saturated heterocycles. The lowest BCUT2D eigenvalue weighted by Gasteiger charge is -1.98. The fourth-order valence-corrected chi connectivity index (χ4v) is 3.52. The lowest BCUT2D eigenvalue weighted by atomic mass is 10.2. The summed E-state index contributed by atoms with van der Waals surface area (Å²) < 4.78 is 5.02. The van der Waals surface area contributed by atoms with Crippen molar-refractivity contribution in [1.29, 1.82) is 0 Å². The molecular weight excluding hydrogens is 340 g/mol. The van der Waals surface area contributed by atoms with Crippen molar-refractivity contribution in [3.8, 4) is 5.75 Å². The van der Waals surface area contributed by atoms with Gasteiger partial charge in [0.2, 0.25) is 0 Å². The largest absolute Gasteiger partial charge is 0.508 e. The summed E-state index contributed by atoms with van der Waals surface area (Å²) in [6.45, 7) is 3.72. The molecule has 2 heterocycles. The third-order valence-corrected chi connectivity index (χ3v) is 4.75. The second-order valence-corrected chi connectivity index (χ2v) is 6.34. The van der Waals surface area contributed by atoms with Gasteiger partial charge in [-0.25, -0.2) is 9.78 Å². The topological polar surface area (TPSA) is 92.3 Å². The molecule has 3 aromatic rings. The minimum absolute atomic E-state index is 0.159. The lowest BCUT2D eigenvalue weighted by molar-refractivity contribution is 0.0531. The molecule has 0 aliphatic heterocycles. The molecule has 0 radical (unpaired) electrons. The van der Waals surface area contributed by atoms with Gasteiger partial charge in [-0.05, 0) is 43.2 Å². The molecular formula is C18H16N2O4S. The highest BCUT2D eigenvalue weighted by Gasteiger charge is 2.19. The highest BCUT2D eigenvalue weighted by molar-refractivity contribution is 7.20. The van der Waals surface area contributed by atoms with Crippen LogP contribution in [0, 0.1) is 6.92 Å². The van der Waals surface area contributed by atoms with Crippen molar-refractivity contribution in [3.05, 3.63) is 56.4 Å². The number of hydrogen-bond donors (Lipinski definition) is 2. The second-order valence-electron chi connectivity index (χ2n) is 5.34. The number of thiophene rings is 1. The molecule has 0 unspecified atom stereocenters. The molecule has 25 heavy (non-hydrogen) atoms. The van der Waals surface area contributed by atoms with Gasteiger partial charge in [0, 0.05) is 0 Å². The molecule has 0 amide bonds. The SMILES string of the molecule is CCOC(=O)c1sc2nc(/C=C\c3cccc(O)c3)[nH]c(=O)c2c1C. The minimum Gasteiger partial charge on any atom is -0.508 e. The van der Waals surface area contributed by atoms with Crippen LogP contribution in [-0.4, -0.2) is 27.7 Å². The van der Waals surface area contributed by atoms with Crippen LogP contribution in [0.4, 0.5) is 0 Å². The first-order valence-electron chi connectivity index (χ1n) is 7.67. The van der Waals surface area contributed by atoms with Crippen molar-refractivity contribution in [2.24, 2.45) is 0 Å². The number of phenols is 1. The number of fused-ring (bicyclic) bond motifs is 1. The van der Waals surface area contributed by atoms with E-state index in [1.165, 1.54) is 0 Å². The maximum absolute atomic E-state index is 12.4. The summed E-state index contributed by atoms with van der Waals surface area (Å²) in [4.78, 5) is 32.3. The Morgan fingerprint density at radius 3 is 2.92 bits per heavy atom. The van der Waals surface area contributed by atoms with Crippen LogP contribution in [0.3, 0.4) is 0 Å². The van der Waals surface area contributed by atoms with Gasteiger partial charge in [0.1, 0.15) is 21.3 Å². The quantitative estimate of drug-likeness (QED) is 0.700. The van der Waals surface area contributed by atoms with Gasteiger partial charge in [-0.1, -0.05) is 18.2 Å². The Morgan fingerprint density at radius 2 is 2.20 bits per heavy atom. The maximum Gasteiger partial charge on any atom is 0.348 e. The fraction of sp³-hybridized carbons (Fsp3) is 0.167. The number of benzene rings is 1. The predicted octanol–water partition coefficient (Wildman–Crippen LogP) is 3.35. The summed E-state index contributed by atoms with van der Waals surface area (Å²) in [5.74, 6) is 0.0868. The first-order valence-corrected chi connectivity index (χ1v) is 8.49. The van der Waals surface area contributed by atoms with Crippen LogP contribution in [0.5, 0.6) is 5.75 Å². The average molecular weight is 356 g/mol. The van der Waals surface area contributed by atoms with Crippen LogP contribution in [0.25, 0.3) is 22.4 Å². The number of H-pyrrole nitrogens is 1. The Hall–Kier alpha value is -2.93. The zero-order chi connectivity index (χ0) is 18.0. The molecule has 2 aromatic heterocycles. The summed E-state index contributed by atoms with van der Waals surface area (Å²) in [7, 11) is 0. The highest BCUT2D eigenvalue weighted by Crippen LogP contribution is 2.27. The van der Waals surface area contributed by atoms with E-state index in [1.807, 2.05) is 6.07 Å². The van der Waals surface area contributed by atoms with Gasteiger partial charge in [-0.3, -0.25) is 4.79 Å². The van der Waals surface area contributed by atoms with E-state index >= 15 is 0 Å². The molecule has 0 aliphatic rings. The molecule has 0 bridgehead atoms. The molecule has 7 heteroatoms. The van der Waals surface area contributed by atoms with E-state index in [0.717, 1.165) is 16.9 Å². The number of nitrogens with zero attached hydrogens (tertiary/aromatic N) is 1. The van der Waals surface area contributed by atoms with Crippen LogP contribution in [-0.2, 0) is 4.74 Å². The van der Waals surface area contributed by atoms with E-state index < -0.39 is 5.97 Å². The zero-order valence-corrected chi connectivity index (χ0v) is 14.5. The standard InChI is InChI=1S/C18H16N2O4S/c1-3-24-18(23)15-10(2)14-16(22)19-13(20-17(14)25-15)8-7-11-5-4-6-12(21)9-11/h4-9,21H,3H2,1-2H3,(H,19,20,22)/b8-7-. The first-order chi connectivity index (χ1) is 12.0. The number of rotatable bonds is 4. The van der Waals surface area contributed by atoms with Gasteiger partial charge in [-0.15, -0.1) is 11.3 Å². The smallest absolute Gasteiger partial charge is 0.348 e. The van der Waals surface area contributed by atoms with Gasteiger partial charge in [0.15, 0.2) is 0 Å². The molecule has 0 saturated carbocycles. The van der Waals surface area contributed by atoms with Gasteiger partial charge in [0.05, 0.1) is 12.0 Å². The lowest BCUT2D eigenvalue weighted by Crippen LogP contribution is -2.10. The van der Waals surface area contributed by atoms with Crippen molar-refractivity contribution in [3.63, 3.8) is 0 Å². The second kappa shape index (κ2) is 6.90. The van der Waals surface area contributed by atoms with Gasteiger partial charge < -0.3 is 14.8 Å². The Morgan fingerprint density at radius 1 is 1.40 bits per heavy atom. The first kappa shape index (κ1) is 16.9. The maximum atomic E-state index is 12.4. The van der Waals surface area contributed by atoms with Crippen molar-refractivity contribution in [2.45, 2.75) is 13.8 Å². The summed E-state index contributed by atoms with van der Waals surface area (Å²) >= 11 is 1.14. The van der Waals surface area contributed by atoms with Gasteiger partial charge >= 0.3 is 5.97 Å². The molecule has 0 fully saturated rings. The molecule has 0 aliphatic carbocycles. The number of aromatic nitrogens is 2. The fourth-order valence-electron chi connectivity index (χ4n) is 2.43. The van der Waals surface area contributed by atoms with Crippen LogP contribution in [0.1, 0.15) is 33.5 Å². The normalized spacial score (nSPS) is 11.3. The molecule has 6 nitrogen and oxygen atoms in total. The number of carbonyl (C=O) groups is 1. The Balaban J connectivity index is 2.01. The third kappa shape index (κ3) is 3.46. The third-order valence-electron chi connectivity index (χ3n) is 3.58. The number of nitrogens with one attached hydrogen (secondary N) is 1. The number of phenolic OH excluding ortho intramolecular Hbond substituents is 1. The number of aromatic amines is 1. The van der Waals surface area contributed by atoms with E-state index in [2.05, 4.69) is 9.97 Å².